The first kappa shape index (κ1) is 16.7. The Labute approximate surface area is 154 Å². The van der Waals surface area contributed by atoms with Crippen LogP contribution in [-0.4, -0.2) is 9.67 Å². The Balaban J connectivity index is 1.91. The molecular weight excluding hydrogens is 354 g/mol. The highest BCUT2D eigenvalue weighted by atomic mass is 35.5. The zero-order chi connectivity index (χ0) is 18.3. The van der Waals surface area contributed by atoms with Gasteiger partial charge in [-0.15, -0.1) is 0 Å². The van der Waals surface area contributed by atoms with Gasteiger partial charge < -0.3 is 18.8 Å². The Kier molecular flexibility index (Phi) is 4.18. The highest BCUT2D eigenvalue weighted by Crippen LogP contribution is 2.31. The van der Waals surface area contributed by atoms with Crippen LogP contribution in [0.25, 0.3) is 21.9 Å². The van der Waals surface area contributed by atoms with Gasteiger partial charge in [-0.3, -0.25) is 0 Å². The van der Waals surface area contributed by atoms with E-state index in [4.69, 9.17) is 20.8 Å². The third-order valence-electron chi connectivity index (χ3n) is 4.54. The zero-order valence-corrected chi connectivity index (χ0v) is 14.8. The van der Waals surface area contributed by atoms with Gasteiger partial charge in [0, 0.05) is 18.0 Å². The second kappa shape index (κ2) is 6.52. The predicted molar refractivity (Wildman–Crippen MR) is 101 cm³/mol. The zero-order valence-electron chi connectivity index (χ0n) is 14.0. The molecule has 0 spiro atoms. The van der Waals surface area contributed by atoms with Crippen molar-refractivity contribution in [2.45, 2.75) is 13.2 Å². The van der Waals surface area contributed by atoms with Crippen LogP contribution < -0.4 is 10.4 Å². The van der Waals surface area contributed by atoms with Crippen LogP contribution in [0, 0.1) is 0 Å². The summed E-state index contributed by atoms with van der Waals surface area (Å²) in [4.78, 5) is 12.5. The summed E-state index contributed by atoms with van der Waals surface area (Å²) in [5.74, 6) is 0.542. The number of halogens is 1. The third-order valence-corrected chi connectivity index (χ3v) is 4.85. The molecule has 132 valence electrons. The minimum Gasteiger partial charge on any atom is -0.486 e. The summed E-state index contributed by atoms with van der Waals surface area (Å²) < 4.78 is 13.1. The largest absolute Gasteiger partial charge is 0.486 e. The molecular formula is C20H16ClNO4. The summed E-state index contributed by atoms with van der Waals surface area (Å²) in [5, 5.41) is 11.6. The number of rotatable bonds is 4. The van der Waals surface area contributed by atoms with Crippen LogP contribution >= 0.6 is 11.6 Å². The molecule has 0 atom stereocenters. The average Bonchev–Trinajstić information content (AvgIpc) is 2.94. The van der Waals surface area contributed by atoms with E-state index in [1.165, 1.54) is 0 Å². The Morgan fingerprint density at radius 3 is 2.65 bits per heavy atom. The van der Waals surface area contributed by atoms with Crippen LogP contribution in [0.3, 0.4) is 0 Å². The summed E-state index contributed by atoms with van der Waals surface area (Å²) in [6, 6.07) is 14.5. The highest BCUT2D eigenvalue weighted by Gasteiger charge is 2.21. The summed E-state index contributed by atoms with van der Waals surface area (Å²) in [5.41, 5.74) is 1.97. The van der Waals surface area contributed by atoms with Crippen LogP contribution in [0.15, 0.2) is 57.7 Å². The summed E-state index contributed by atoms with van der Waals surface area (Å²) in [6.07, 6.45) is 0. The van der Waals surface area contributed by atoms with Gasteiger partial charge in [0.2, 0.25) is 0 Å². The number of hydrogen-bond acceptors (Lipinski definition) is 4. The number of aliphatic hydroxyl groups excluding tert-OH is 1. The second-order valence-corrected chi connectivity index (χ2v) is 6.38. The predicted octanol–water partition coefficient (Wildman–Crippen LogP) is 4.01. The molecule has 4 aromatic rings. The monoisotopic (exact) mass is 369 g/mol. The first-order valence-corrected chi connectivity index (χ1v) is 8.49. The maximum Gasteiger partial charge on any atom is 0.346 e. The summed E-state index contributed by atoms with van der Waals surface area (Å²) in [7, 11) is 1.85. The summed E-state index contributed by atoms with van der Waals surface area (Å²) in [6.45, 7) is -0.125. The lowest BCUT2D eigenvalue weighted by molar-refractivity contribution is 0.267. The molecule has 2 aromatic carbocycles. The highest BCUT2D eigenvalue weighted by molar-refractivity contribution is 6.32. The number of para-hydroxylation sites is 2. The fourth-order valence-corrected chi connectivity index (χ4v) is 3.48. The third kappa shape index (κ3) is 2.57. The van der Waals surface area contributed by atoms with Gasteiger partial charge >= 0.3 is 5.63 Å². The Morgan fingerprint density at radius 2 is 1.88 bits per heavy atom. The van der Waals surface area contributed by atoms with E-state index in [1.807, 2.05) is 41.9 Å². The van der Waals surface area contributed by atoms with E-state index < -0.39 is 5.63 Å². The SMILES string of the molecule is Cn1c(COc2ccccc2Cl)c(CO)c2c(=O)oc3ccccc3c21. The topological polar surface area (TPSA) is 64.6 Å². The molecule has 0 saturated heterocycles. The van der Waals surface area contributed by atoms with Crippen molar-refractivity contribution in [2.24, 2.45) is 7.05 Å². The molecule has 0 aliphatic carbocycles. The number of hydrogen-bond donors (Lipinski definition) is 1. The van der Waals surface area contributed by atoms with Gasteiger partial charge in [-0.1, -0.05) is 35.9 Å². The number of aliphatic hydroxyl groups is 1. The van der Waals surface area contributed by atoms with Crippen LogP contribution in [0.4, 0.5) is 0 Å². The van der Waals surface area contributed by atoms with Crippen LogP contribution in [0.1, 0.15) is 11.3 Å². The number of ether oxygens (including phenoxy) is 1. The maximum absolute atomic E-state index is 12.5. The van der Waals surface area contributed by atoms with Crippen molar-refractivity contribution < 1.29 is 14.3 Å². The van der Waals surface area contributed by atoms with Gasteiger partial charge in [-0.25, -0.2) is 4.79 Å². The van der Waals surface area contributed by atoms with Gasteiger partial charge in [0.1, 0.15) is 17.9 Å². The number of aromatic nitrogens is 1. The molecule has 2 aromatic heterocycles. The summed E-state index contributed by atoms with van der Waals surface area (Å²) >= 11 is 6.14. The lowest BCUT2D eigenvalue weighted by Gasteiger charge is -2.10. The molecule has 0 unspecified atom stereocenters. The van der Waals surface area contributed by atoms with E-state index in [1.54, 1.807) is 18.2 Å². The molecule has 0 fully saturated rings. The van der Waals surface area contributed by atoms with Crippen LogP contribution in [0.2, 0.25) is 5.02 Å². The first-order valence-electron chi connectivity index (χ1n) is 8.12. The Hall–Kier alpha value is -2.76. The van der Waals surface area contributed by atoms with E-state index in [0.29, 0.717) is 33.0 Å². The molecule has 1 N–H and O–H groups in total. The van der Waals surface area contributed by atoms with Crippen molar-refractivity contribution in [3.05, 3.63) is 75.2 Å². The van der Waals surface area contributed by atoms with Crippen molar-refractivity contribution in [3.63, 3.8) is 0 Å². The molecule has 2 heterocycles. The van der Waals surface area contributed by atoms with E-state index in [9.17, 15) is 9.90 Å². The molecule has 5 nitrogen and oxygen atoms in total. The molecule has 0 bridgehead atoms. The maximum atomic E-state index is 12.5. The first-order chi connectivity index (χ1) is 12.6. The van der Waals surface area contributed by atoms with Crippen LogP contribution in [0.5, 0.6) is 5.75 Å². The molecule has 0 aliphatic heterocycles. The van der Waals surface area contributed by atoms with E-state index >= 15 is 0 Å². The number of fused-ring (bicyclic) bond motifs is 3. The van der Waals surface area contributed by atoms with Crippen molar-refractivity contribution in [2.75, 3.05) is 0 Å². The van der Waals surface area contributed by atoms with Crippen LogP contribution in [-0.2, 0) is 20.3 Å². The smallest absolute Gasteiger partial charge is 0.346 e. The second-order valence-electron chi connectivity index (χ2n) is 5.97. The van der Waals surface area contributed by atoms with Crippen molar-refractivity contribution in [1.82, 2.24) is 4.57 Å². The van der Waals surface area contributed by atoms with E-state index in [2.05, 4.69) is 0 Å². The minimum atomic E-state index is -0.470. The minimum absolute atomic E-state index is 0.165. The quantitative estimate of drug-likeness (QED) is 0.552. The molecule has 0 amide bonds. The van der Waals surface area contributed by atoms with E-state index in [0.717, 1.165) is 10.9 Å². The lowest BCUT2D eigenvalue weighted by Crippen LogP contribution is -2.05. The number of aryl methyl sites for hydroxylation is 1. The molecule has 0 saturated carbocycles. The van der Waals surface area contributed by atoms with Gasteiger partial charge in [0.05, 0.1) is 28.2 Å². The van der Waals surface area contributed by atoms with E-state index in [-0.39, 0.29) is 13.2 Å². The fourth-order valence-electron chi connectivity index (χ4n) is 3.29. The Bertz CT molecular complexity index is 1180. The lowest BCUT2D eigenvalue weighted by atomic mass is 10.1. The average molecular weight is 370 g/mol. The Morgan fingerprint density at radius 1 is 1.15 bits per heavy atom. The fraction of sp³-hybridized carbons (Fsp3) is 0.150. The van der Waals surface area contributed by atoms with Gasteiger partial charge in [0.15, 0.2) is 0 Å². The number of benzene rings is 2. The standard InChI is InChI=1S/C20H16ClNO4/c1-22-15(11-25-17-9-5-3-7-14(17)21)13(10-23)18-19(22)12-6-2-4-8-16(12)26-20(18)24/h2-9,23H,10-11H2,1H3. The number of nitrogens with zero attached hydrogens (tertiary/aromatic N) is 1. The molecule has 4 rings (SSSR count). The molecule has 26 heavy (non-hydrogen) atoms. The van der Waals surface area contributed by atoms with Gasteiger partial charge in [0.25, 0.3) is 0 Å². The van der Waals surface area contributed by atoms with Gasteiger partial charge in [-0.05, 0) is 24.3 Å². The molecule has 0 radical (unpaired) electrons. The normalized spacial score (nSPS) is 11.3. The van der Waals surface area contributed by atoms with Crippen molar-refractivity contribution >= 4 is 33.5 Å². The van der Waals surface area contributed by atoms with Gasteiger partial charge in [-0.2, -0.15) is 0 Å². The van der Waals surface area contributed by atoms with Crippen molar-refractivity contribution in [3.8, 4) is 5.75 Å². The molecule has 6 heteroatoms. The van der Waals surface area contributed by atoms with Crippen molar-refractivity contribution in [1.29, 1.82) is 0 Å². The molecule has 0 aliphatic rings.